The van der Waals surface area contributed by atoms with Crippen LogP contribution in [0.2, 0.25) is 0 Å². The van der Waals surface area contributed by atoms with Gasteiger partial charge in [-0.15, -0.1) is 0 Å². The Hall–Kier alpha value is -1.69. The van der Waals surface area contributed by atoms with E-state index in [0.29, 0.717) is 0 Å². The average Bonchev–Trinajstić information content (AvgIpc) is 2.73. The van der Waals surface area contributed by atoms with Crippen molar-refractivity contribution in [2.45, 2.75) is 77.0 Å². The van der Waals surface area contributed by atoms with E-state index in [9.17, 15) is 8.78 Å². The zero-order chi connectivity index (χ0) is 19.8. The highest BCUT2D eigenvalue weighted by atomic mass is 19.1. The van der Waals surface area contributed by atoms with Gasteiger partial charge in [0.1, 0.15) is 11.9 Å². The fraction of sp³-hybridized carbons (Fsp3) is 0.640. The van der Waals surface area contributed by atoms with E-state index in [1.807, 2.05) is 12.1 Å². The third-order valence-corrected chi connectivity index (χ3v) is 7.10. The lowest BCUT2D eigenvalue weighted by molar-refractivity contribution is 0.151. The number of nitriles is 1. The predicted octanol–water partition coefficient (Wildman–Crippen LogP) is 7.53. The lowest BCUT2D eigenvalue weighted by atomic mass is 9.68. The number of allylic oxidation sites excluding steroid dienone is 2. The molecule has 1 aromatic rings. The summed E-state index contributed by atoms with van der Waals surface area (Å²) in [5.74, 6) is 2.07. The third kappa shape index (κ3) is 6.43. The Balaban J connectivity index is 1.29. The van der Waals surface area contributed by atoms with E-state index >= 15 is 0 Å². The Labute approximate surface area is 168 Å². The Kier molecular flexibility index (Phi) is 8.07. The summed E-state index contributed by atoms with van der Waals surface area (Å²) in [7, 11) is 0. The minimum Gasteiger partial charge on any atom is -0.207 e. The number of nitrogens with zero attached hydrogens (tertiary/aromatic N) is 1. The van der Waals surface area contributed by atoms with Gasteiger partial charge in [-0.25, -0.2) is 4.39 Å². The maximum absolute atomic E-state index is 13.1. The first-order chi connectivity index (χ1) is 13.6. The van der Waals surface area contributed by atoms with Crippen LogP contribution in [-0.4, -0.2) is 0 Å². The highest BCUT2D eigenvalue weighted by Gasteiger charge is 2.30. The summed E-state index contributed by atoms with van der Waals surface area (Å²) >= 11 is 0. The molecule has 0 N–H and O–H groups in total. The normalized spacial score (nSPS) is 28.7. The number of benzene rings is 1. The van der Waals surface area contributed by atoms with Crippen LogP contribution in [0.15, 0.2) is 36.2 Å². The molecule has 0 unspecified atom stereocenters. The molecule has 0 amide bonds. The zero-order valence-corrected chi connectivity index (χ0v) is 16.9. The van der Waals surface area contributed by atoms with Crippen molar-refractivity contribution in [3.05, 3.63) is 47.5 Å². The van der Waals surface area contributed by atoms with Crippen molar-refractivity contribution in [1.82, 2.24) is 0 Å². The molecule has 1 aromatic carbocycles. The monoisotopic (exact) mass is 385 g/mol. The van der Waals surface area contributed by atoms with Crippen LogP contribution in [0.3, 0.4) is 0 Å². The third-order valence-electron chi connectivity index (χ3n) is 7.10. The molecule has 3 heteroatoms. The molecule has 2 fully saturated rings. The Morgan fingerprint density at radius 2 is 1.54 bits per heavy atom. The summed E-state index contributed by atoms with van der Waals surface area (Å²) in [5, 5.41) is 8.58. The van der Waals surface area contributed by atoms with Crippen LogP contribution in [-0.2, 0) is 6.42 Å². The Morgan fingerprint density at radius 1 is 0.929 bits per heavy atom. The van der Waals surface area contributed by atoms with Gasteiger partial charge in [0.25, 0.3) is 0 Å². The number of unbranched alkanes of at least 4 members (excludes halogenated alkanes) is 1. The lowest BCUT2D eigenvalue weighted by Crippen LogP contribution is -2.25. The van der Waals surface area contributed by atoms with Gasteiger partial charge in [-0.1, -0.05) is 37.8 Å². The van der Waals surface area contributed by atoms with Gasteiger partial charge in [-0.05, 0) is 98.8 Å². The largest absolute Gasteiger partial charge is 0.207 e. The van der Waals surface area contributed by atoms with Crippen molar-refractivity contribution in [3.8, 4) is 6.07 Å². The first-order valence-electron chi connectivity index (χ1n) is 11.2. The maximum atomic E-state index is 13.1. The smallest absolute Gasteiger partial charge is 0.196 e. The van der Waals surface area contributed by atoms with Crippen molar-refractivity contribution in [2.24, 2.45) is 23.7 Å². The van der Waals surface area contributed by atoms with E-state index in [1.165, 1.54) is 63.4 Å². The molecule has 0 radical (unpaired) electrons. The van der Waals surface area contributed by atoms with Crippen LogP contribution in [0.4, 0.5) is 8.78 Å². The molecule has 152 valence electrons. The number of halogens is 2. The zero-order valence-electron chi connectivity index (χ0n) is 16.9. The second-order valence-corrected chi connectivity index (χ2v) is 8.95. The molecule has 1 nitrogen and oxygen atoms in total. The van der Waals surface area contributed by atoms with E-state index < -0.39 is 5.83 Å². The number of aryl methyl sites for hydroxylation is 1. The molecule has 0 atom stereocenters. The number of hydrogen-bond acceptors (Lipinski definition) is 1. The number of hydrogen-bond donors (Lipinski definition) is 0. The molecule has 0 bridgehead atoms. The molecule has 2 aliphatic rings. The lowest BCUT2D eigenvalue weighted by Gasteiger charge is -2.37. The molecule has 0 aliphatic heterocycles. The second-order valence-electron chi connectivity index (χ2n) is 8.95. The van der Waals surface area contributed by atoms with Crippen LogP contribution in [0.1, 0.15) is 76.2 Å². The van der Waals surface area contributed by atoms with Crippen molar-refractivity contribution < 1.29 is 8.78 Å². The highest BCUT2D eigenvalue weighted by molar-refractivity contribution is 5.16. The Bertz CT molecular complexity index is 657. The minimum atomic E-state index is -0.608. The van der Waals surface area contributed by atoms with E-state index in [4.69, 9.17) is 5.26 Å². The van der Waals surface area contributed by atoms with Gasteiger partial charge in [-0.2, -0.15) is 9.65 Å². The summed E-state index contributed by atoms with van der Waals surface area (Å²) in [6, 6.07) is 8.52. The average molecular weight is 386 g/mol. The number of rotatable bonds is 7. The summed E-state index contributed by atoms with van der Waals surface area (Å²) in [4.78, 5) is 0. The van der Waals surface area contributed by atoms with Crippen molar-refractivity contribution in [3.63, 3.8) is 0 Å². The molecular weight excluding hydrogens is 352 g/mol. The van der Waals surface area contributed by atoms with Gasteiger partial charge in [0.2, 0.25) is 0 Å². The molecule has 0 saturated heterocycles. The van der Waals surface area contributed by atoms with E-state index in [-0.39, 0.29) is 11.7 Å². The SMILES string of the molecule is N#C/C(F)=C/C1CCC(C2CCC(CCCCc3ccc(F)cc3)CC2)CC1. The molecule has 28 heavy (non-hydrogen) atoms. The maximum Gasteiger partial charge on any atom is 0.196 e. The first-order valence-corrected chi connectivity index (χ1v) is 11.2. The predicted molar refractivity (Wildman–Crippen MR) is 110 cm³/mol. The van der Waals surface area contributed by atoms with Gasteiger partial charge in [0, 0.05) is 0 Å². The molecule has 0 heterocycles. The minimum absolute atomic E-state index is 0.153. The summed E-state index contributed by atoms with van der Waals surface area (Å²) in [6.45, 7) is 0. The van der Waals surface area contributed by atoms with Gasteiger partial charge in [0.15, 0.2) is 5.83 Å². The van der Waals surface area contributed by atoms with Crippen LogP contribution < -0.4 is 0 Å². The van der Waals surface area contributed by atoms with Gasteiger partial charge in [-0.3, -0.25) is 0 Å². The summed E-state index contributed by atoms with van der Waals surface area (Å²) in [6.07, 6.45) is 16.3. The van der Waals surface area contributed by atoms with Crippen molar-refractivity contribution >= 4 is 0 Å². The summed E-state index contributed by atoms with van der Waals surface area (Å²) < 4.78 is 26.1. The fourth-order valence-corrected chi connectivity index (χ4v) is 5.39. The van der Waals surface area contributed by atoms with Gasteiger partial charge < -0.3 is 0 Å². The Morgan fingerprint density at radius 3 is 2.14 bits per heavy atom. The molecule has 0 spiro atoms. The van der Waals surface area contributed by atoms with Crippen LogP contribution in [0.25, 0.3) is 0 Å². The molecule has 0 aromatic heterocycles. The molecule has 3 rings (SSSR count). The second kappa shape index (κ2) is 10.7. The molecule has 2 saturated carbocycles. The standard InChI is InChI=1S/C25H33F2N/c26-24-15-9-20(10-16-24)4-2-1-3-19-5-11-22(12-6-19)23-13-7-21(8-14-23)17-25(27)18-28/h9-10,15-17,19,21-23H,1-8,11-14H2/b25-17-. The quantitative estimate of drug-likeness (QED) is 0.351. The summed E-state index contributed by atoms with van der Waals surface area (Å²) in [5.41, 5.74) is 1.24. The van der Waals surface area contributed by atoms with Crippen molar-refractivity contribution in [1.29, 1.82) is 5.26 Å². The van der Waals surface area contributed by atoms with E-state index in [2.05, 4.69) is 0 Å². The van der Waals surface area contributed by atoms with Crippen LogP contribution in [0, 0.1) is 40.8 Å². The topological polar surface area (TPSA) is 23.8 Å². The molecule has 2 aliphatic carbocycles. The van der Waals surface area contributed by atoms with Crippen LogP contribution in [0.5, 0.6) is 0 Å². The molecular formula is C25H33F2N. The fourth-order valence-electron chi connectivity index (χ4n) is 5.39. The van der Waals surface area contributed by atoms with Gasteiger partial charge >= 0.3 is 0 Å². The first kappa shape index (κ1) is 21.0. The van der Waals surface area contributed by atoms with E-state index in [1.54, 1.807) is 24.3 Å². The van der Waals surface area contributed by atoms with Crippen LogP contribution >= 0.6 is 0 Å². The highest BCUT2D eigenvalue weighted by Crippen LogP contribution is 2.42. The van der Waals surface area contributed by atoms with E-state index in [0.717, 1.165) is 37.0 Å². The van der Waals surface area contributed by atoms with Gasteiger partial charge in [0.05, 0.1) is 0 Å². The van der Waals surface area contributed by atoms with Crippen molar-refractivity contribution in [2.75, 3.05) is 0 Å².